The second-order valence-electron chi connectivity index (χ2n) is 10.1. The molecule has 0 aliphatic rings. The Morgan fingerprint density at radius 2 is 1.70 bits per heavy atom. The molecule has 0 aliphatic carbocycles. The number of rotatable bonds is 5. The zero-order chi connectivity index (χ0) is 29.5. The Kier molecular flexibility index (Phi) is 7.76. The fourth-order valence-corrected chi connectivity index (χ4v) is 5.05. The van der Waals surface area contributed by atoms with Crippen LogP contribution in [0, 0.1) is 0 Å². The van der Waals surface area contributed by atoms with Crippen molar-refractivity contribution in [2.45, 2.75) is 43.8 Å². The largest absolute Gasteiger partial charge is 0.493 e. The number of thiocarbonyl (C=S) groups is 1. The first kappa shape index (κ1) is 29.2. The monoisotopic (exact) mass is 589 g/mol. The van der Waals surface area contributed by atoms with Crippen molar-refractivity contribution in [2.24, 2.45) is 15.4 Å². The molecule has 0 amide bonds. The van der Waals surface area contributed by atoms with Gasteiger partial charge in [-0.25, -0.2) is 13.6 Å². The Bertz CT molecular complexity index is 1740. The number of nitrogens with zero attached hydrogens (tertiary/aromatic N) is 3. The van der Waals surface area contributed by atoms with Crippen LogP contribution < -0.4 is 10.5 Å². The van der Waals surface area contributed by atoms with Crippen molar-refractivity contribution in [1.82, 2.24) is 4.57 Å². The minimum absolute atomic E-state index is 0.00512. The maximum Gasteiger partial charge on any atom is 0.416 e. The Morgan fingerprint density at radius 3 is 2.35 bits per heavy atom. The van der Waals surface area contributed by atoms with Crippen LogP contribution in [0.1, 0.15) is 37.5 Å². The summed E-state index contributed by atoms with van der Waals surface area (Å²) in [5.74, 6) is -0.408. The standard InChI is InChI=1S/C27H26F3N5O3S2/c1-26(2,3)17-12-13-21-18(14-17)23(24(36)35(21)15-16-8-4-5-9-19(16)27(28,29)30)33-34-25(39)32-20-10-6-7-11-22(20)40(31,37)38/h4-14,36H,15H2,1-3H3,(H,32,39)(H2,31,37,38). The molecular weight excluding hydrogens is 563 g/mol. The molecule has 40 heavy (non-hydrogen) atoms. The lowest BCUT2D eigenvalue weighted by atomic mass is 9.86. The second-order valence-corrected chi connectivity index (χ2v) is 12.0. The van der Waals surface area contributed by atoms with Gasteiger partial charge in [0.1, 0.15) is 4.90 Å². The van der Waals surface area contributed by atoms with Crippen LogP contribution >= 0.6 is 12.2 Å². The third-order valence-corrected chi connectivity index (χ3v) is 7.36. The molecule has 0 aliphatic heterocycles. The molecule has 0 atom stereocenters. The molecule has 0 fully saturated rings. The third kappa shape index (κ3) is 6.16. The number of aromatic nitrogens is 1. The first-order valence-corrected chi connectivity index (χ1v) is 13.9. The number of anilines is 1. The number of azo groups is 1. The smallest absolute Gasteiger partial charge is 0.416 e. The summed E-state index contributed by atoms with van der Waals surface area (Å²) < 4.78 is 66.1. The highest BCUT2D eigenvalue weighted by Gasteiger charge is 2.33. The van der Waals surface area contributed by atoms with Gasteiger partial charge < -0.3 is 15.0 Å². The van der Waals surface area contributed by atoms with Gasteiger partial charge in [-0.1, -0.05) is 57.2 Å². The van der Waals surface area contributed by atoms with Crippen molar-refractivity contribution in [3.63, 3.8) is 0 Å². The van der Waals surface area contributed by atoms with Crippen LogP contribution in [-0.4, -0.2) is 23.2 Å². The molecule has 1 heterocycles. The summed E-state index contributed by atoms with van der Waals surface area (Å²) in [6.45, 7) is 5.70. The van der Waals surface area contributed by atoms with Gasteiger partial charge in [-0.15, -0.1) is 10.2 Å². The number of sulfonamides is 1. The molecule has 4 rings (SSSR count). The zero-order valence-electron chi connectivity index (χ0n) is 21.7. The highest BCUT2D eigenvalue weighted by Crippen LogP contribution is 2.42. The van der Waals surface area contributed by atoms with Crippen molar-refractivity contribution < 1.29 is 26.7 Å². The van der Waals surface area contributed by atoms with Crippen molar-refractivity contribution in [3.05, 3.63) is 83.4 Å². The molecule has 0 unspecified atom stereocenters. The number of hydrogen-bond donors (Lipinski definition) is 3. The summed E-state index contributed by atoms with van der Waals surface area (Å²) in [5.41, 5.74) is 0.278. The zero-order valence-corrected chi connectivity index (χ0v) is 23.3. The van der Waals surface area contributed by atoms with Crippen LogP contribution in [0.3, 0.4) is 0 Å². The van der Waals surface area contributed by atoms with E-state index in [9.17, 15) is 26.7 Å². The number of primary sulfonamides is 1. The lowest BCUT2D eigenvalue weighted by Crippen LogP contribution is -2.16. The van der Waals surface area contributed by atoms with Crippen LogP contribution in [0.5, 0.6) is 5.88 Å². The fraction of sp³-hybridized carbons (Fsp3) is 0.222. The Morgan fingerprint density at radius 1 is 1.05 bits per heavy atom. The number of nitrogens with two attached hydrogens (primary N) is 1. The van der Waals surface area contributed by atoms with E-state index >= 15 is 0 Å². The van der Waals surface area contributed by atoms with E-state index in [0.717, 1.165) is 11.6 Å². The Balaban J connectivity index is 1.79. The van der Waals surface area contributed by atoms with Gasteiger partial charge in [0.05, 0.1) is 23.3 Å². The Hall–Kier alpha value is -3.81. The van der Waals surface area contributed by atoms with E-state index in [4.69, 9.17) is 17.4 Å². The topological polar surface area (TPSA) is 122 Å². The van der Waals surface area contributed by atoms with Crippen molar-refractivity contribution in [2.75, 3.05) is 5.32 Å². The van der Waals surface area contributed by atoms with E-state index in [2.05, 4.69) is 15.5 Å². The van der Waals surface area contributed by atoms with Crippen molar-refractivity contribution in [1.29, 1.82) is 0 Å². The van der Waals surface area contributed by atoms with E-state index in [1.165, 1.54) is 41.0 Å². The maximum atomic E-state index is 13.7. The summed E-state index contributed by atoms with van der Waals surface area (Å²) in [6.07, 6.45) is -4.58. The van der Waals surface area contributed by atoms with Gasteiger partial charge >= 0.3 is 6.18 Å². The highest BCUT2D eigenvalue weighted by molar-refractivity contribution is 7.89. The number of nitrogens with one attached hydrogen (secondary N) is 1. The van der Waals surface area contributed by atoms with E-state index in [1.807, 2.05) is 26.8 Å². The lowest BCUT2D eigenvalue weighted by Gasteiger charge is -2.19. The molecule has 0 radical (unpaired) electrons. The molecule has 0 bridgehead atoms. The van der Waals surface area contributed by atoms with Crippen LogP contribution in [0.25, 0.3) is 10.9 Å². The summed E-state index contributed by atoms with van der Waals surface area (Å²) in [5, 5.41) is 27.4. The van der Waals surface area contributed by atoms with Gasteiger partial charge in [0.15, 0.2) is 5.69 Å². The number of fused-ring (bicyclic) bond motifs is 1. The average molecular weight is 590 g/mol. The van der Waals surface area contributed by atoms with Crippen LogP contribution in [0.2, 0.25) is 0 Å². The SMILES string of the molecule is CC(C)(C)c1ccc2c(c1)c(N=NC(=S)Nc1ccccc1S(N)(=O)=O)c(O)n2Cc1ccccc1C(F)(F)F. The highest BCUT2D eigenvalue weighted by atomic mass is 32.2. The van der Waals surface area contributed by atoms with Crippen molar-refractivity contribution in [3.8, 4) is 5.88 Å². The first-order valence-electron chi connectivity index (χ1n) is 11.9. The number of aromatic hydroxyl groups is 1. The number of halogens is 3. The minimum atomic E-state index is -4.58. The molecule has 0 saturated heterocycles. The molecule has 0 saturated carbocycles. The summed E-state index contributed by atoms with van der Waals surface area (Å²) in [7, 11) is -4.06. The fourth-order valence-electron chi connectivity index (χ4n) is 4.21. The lowest BCUT2D eigenvalue weighted by molar-refractivity contribution is -0.138. The Labute approximate surface area is 234 Å². The van der Waals surface area contributed by atoms with E-state index in [1.54, 1.807) is 18.2 Å². The van der Waals surface area contributed by atoms with Gasteiger partial charge in [0, 0.05) is 5.39 Å². The van der Waals surface area contributed by atoms with E-state index in [0.29, 0.717) is 10.9 Å². The predicted molar refractivity (Wildman–Crippen MR) is 151 cm³/mol. The molecular formula is C27H26F3N5O3S2. The number of hydrogen-bond acceptors (Lipinski definition) is 5. The quantitative estimate of drug-likeness (QED) is 0.174. The van der Waals surface area contributed by atoms with Gasteiger partial charge in [-0.3, -0.25) is 0 Å². The van der Waals surface area contributed by atoms with Crippen molar-refractivity contribution >= 4 is 49.6 Å². The second kappa shape index (κ2) is 10.6. The third-order valence-electron chi connectivity index (χ3n) is 6.20. The molecule has 8 nitrogen and oxygen atoms in total. The summed E-state index contributed by atoms with van der Waals surface area (Å²) >= 11 is 5.22. The van der Waals surface area contributed by atoms with Crippen LogP contribution in [-0.2, 0) is 28.2 Å². The summed E-state index contributed by atoms with van der Waals surface area (Å²) in [4.78, 5) is -0.204. The van der Waals surface area contributed by atoms with E-state index in [-0.39, 0.29) is 38.9 Å². The molecule has 210 valence electrons. The van der Waals surface area contributed by atoms with Gasteiger partial charge in [-0.05, 0) is 59.1 Å². The van der Waals surface area contributed by atoms with Crippen LogP contribution in [0.15, 0.2) is 81.9 Å². The van der Waals surface area contributed by atoms with Gasteiger partial charge in [-0.2, -0.15) is 13.2 Å². The first-order chi connectivity index (χ1) is 18.6. The summed E-state index contributed by atoms with van der Waals surface area (Å²) in [6, 6.07) is 16.3. The molecule has 1 aromatic heterocycles. The molecule has 4 aromatic rings. The molecule has 0 spiro atoms. The average Bonchev–Trinajstić information content (AvgIpc) is 3.11. The predicted octanol–water partition coefficient (Wildman–Crippen LogP) is 6.84. The number of alkyl halides is 3. The number of para-hydroxylation sites is 1. The molecule has 3 aromatic carbocycles. The molecule has 13 heteroatoms. The van der Waals surface area contributed by atoms with E-state index < -0.39 is 27.6 Å². The van der Waals surface area contributed by atoms with Gasteiger partial charge in [0.25, 0.3) is 0 Å². The maximum absolute atomic E-state index is 13.7. The van der Waals surface area contributed by atoms with Crippen LogP contribution in [0.4, 0.5) is 24.5 Å². The minimum Gasteiger partial charge on any atom is -0.493 e. The molecule has 4 N–H and O–H groups in total. The van der Waals surface area contributed by atoms with Gasteiger partial charge in [0.2, 0.25) is 21.0 Å². The number of benzene rings is 3. The normalized spacial score (nSPS) is 12.8.